The second kappa shape index (κ2) is 7.64. The van der Waals surface area contributed by atoms with E-state index in [4.69, 9.17) is 28.3 Å². The van der Waals surface area contributed by atoms with Gasteiger partial charge in [0.1, 0.15) is 0 Å². The monoisotopic (exact) mass is 376 g/mol. The van der Waals surface area contributed by atoms with Gasteiger partial charge in [0.15, 0.2) is 0 Å². The lowest BCUT2D eigenvalue weighted by atomic mass is 10.1. The molecule has 24 heavy (non-hydrogen) atoms. The molecule has 0 spiro atoms. The van der Waals surface area contributed by atoms with Gasteiger partial charge in [-0.2, -0.15) is 16.9 Å². The van der Waals surface area contributed by atoms with Crippen molar-refractivity contribution in [3.8, 4) is 16.9 Å². The minimum Gasteiger partial charge on any atom is -0.233 e. The van der Waals surface area contributed by atoms with Gasteiger partial charge in [0.25, 0.3) is 0 Å². The largest absolute Gasteiger partial charge is 0.233 e. The molecule has 2 nitrogen and oxygen atoms in total. The molecule has 2 aromatic carbocycles. The summed E-state index contributed by atoms with van der Waals surface area (Å²) in [4.78, 5) is 0. The van der Waals surface area contributed by atoms with Gasteiger partial charge in [-0.1, -0.05) is 47.0 Å². The van der Waals surface area contributed by atoms with Gasteiger partial charge in [0.05, 0.1) is 27.1 Å². The molecule has 0 saturated heterocycles. The Morgan fingerprint density at radius 3 is 2.42 bits per heavy atom. The number of aryl methyl sites for hydroxylation is 2. The van der Waals surface area contributed by atoms with Gasteiger partial charge >= 0.3 is 0 Å². The maximum Gasteiger partial charge on any atom is 0.0744 e. The van der Waals surface area contributed by atoms with Crippen LogP contribution in [0, 0.1) is 6.92 Å². The number of halogens is 2. The molecule has 1 heterocycles. The van der Waals surface area contributed by atoms with Gasteiger partial charge in [0.2, 0.25) is 0 Å². The number of hydrogen-bond acceptors (Lipinski definition) is 2. The third kappa shape index (κ3) is 3.80. The molecule has 0 unspecified atom stereocenters. The SMILES string of the molecule is CSCCc1cc(-c2ccc(Cl)c(Cl)c2)n(-c2ccc(C)cc2)n1. The van der Waals surface area contributed by atoms with Crippen molar-refractivity contribution < 1.29 is 0 Å². The molecule has 5 heteroatoms. The maximum absolute atomic E-state index is 6.21. The summed E-state index contributed by atoms with van der Waals surface area (Å²) >= 11 is 14.1. The fraction of sp³-hybridized carbons (Fsp3) is 0.211. The van der Waals surface area contributed by atoms with Crippen molar-refractivity contribution in [1.82, 2.24) is 9.78 Å². The van der Waals surface area contributed by atoms with Crippen LogP contribution in [0.4, 0.5) is 0 Å². The lowest BCUT2D eigenvalue weighted by Gasteiger charge is -2.09. The van der Waals surface area contributed by atoms with Crippen LogP contribution in [0.2, 0.25) is 10.0 Å². The molecule has 0 aliphatic carbocycles. The Bertz CT molecular complexity index is 841. The van der Waals surface area contributed by atoms with Gasteiger partial charge in [-0.3, -0.25) is 0 Å². The zero-order valence-electron chi connectivity index (χ0n) is 13.6. The minimum atomic E-state index is 0.552. The van der Waals surface area contributed by atoms with E-state index in [1.165, 1.54) is 5.56 Å². The molecule has 1 aromatic heterocycles. The third-order valence-electron chi connectivity index (χ3n) is 3.82. The van der Waals surface area contributed by atoms with Crippen molar-refractivity contribution in [2.75, 3.05) is 12.0 Å². The lowest BCUT2D eigenvalue weighted by molar-refractivity contribution is 0.848. The first-order valence-electron chi connectivity index (χ1n) is 7.69. The standard InChI is InChI=1S/C19H18Cl2N2S/c1-13-3-6-16(7-4-13)23-19(12-15(22-23)9-10-24-2)14-5-8-17(20)18(21)11-14/h3-8,11-12H,9-10H2,1-2H3. The molecule has 0 aliphatic heterocycles. The molecule has 0 bridgehead atoms. The Hall–Kier alpha value is -1.42. The first kappa shape index (κ1) is 17.4. The minimum absolute atomic E-state index is 0.552. The van der Waals surface area contributed by atoms with Crippen LogP contribution in [0.1, 0.15) is 11.3 Å². The normalized spacial score (nSPS) is 11.0. The second-order valence-electron chi connectivity index (χ2n) is 5.64. The van der Waals surface area contributed by atoms with Crippen molar-refractivity contribution in [3.63, 3.8) is 0 Å². The van der Waals surface area contributed by atoms with Crippen molar-refractivity contribution in [2.45, 2.75) is 13.3 Å². The Balaban J connectivity index is 2.09. The molecule has 0 aliphatic rings. The number of nitrogens with zero attached hydrogens (tertiary/aromatic N) is 2. The van der Waals surface area contributed by atoms with E-state index in [1.54, 1.807) is 0 Å². The topological polar surface area (TPSA) is 17.8 Å². The molecular weight excluding hydrogens is 359 g/mol. The summed E-state index contributed by atoms with van der Waals surface area (Å²) in [6, 6.07) is 16.2. The molecule has 0 fully saturated rings. The van der Waals surface area contributed by atoms with Crippen LogP contribution < -0.4 is 0 Å². The van der Waals surface area contributed by atoms with E-state index in [-0.39, 0.29) is 0 Å². The van der Waals surface area contributed by atoms with E-state index in [2.05, 4.69) is 43.5 Å². The van der Waals surface area contributed by atoms with E-state index in [1.807, 2.05) is 34.6 Å². The number of benzene rings is 2. The summed E-state index contributed by atoms with van der Waals surface area (Å²) in [6.07, 6.45) is 3.05. The summed E-state index contributed by atoms with van der Waals surface area (Å²) in [6.45, 7) is 2.08. The molecule has 0 atom stereocenters. The molecule has 0 N–H and O–H groups in total. The Morgan fingerprint density at radius 2 is 1.75 bits per heavy atom. The smallest absolute Gasteiger partial charge is 0.0744 e. The highest BCUT2D eigenvalue weighted by Gasteiger charge is 2.13. The highest BCUT2D eigenvalue weighted by Crippen LogP contribution is 2.30. The highest BCUT2D eigenvalue weighted by atomic mass is 35.5. The number of aromatic nitrogens is 2. The summed E-state index contributed by atoms with van der Waals surface area (Å²) in [5, 5.41) is 5.92. The molecule has 0 radical (unpaired) electrons. The molecule has 0 amide bonds. The predicted molar refractivity (Wildman–Crippen MR) is 106 cm³/mol. The molecule has 124 valence electrons. The van der Waals surface area contributed by atoms with Crippen LogP contribution in [0.3, 0.4) is 0 Å². The Kier molecular flexibility index (Phi) is 5.54. The van der Waals surface area contributed by atoms with E-state index >= 15 is 0 Å². The van der Waals surface area contributed by atoms with Crippen LogP contribution >= 0.6 is 35.0 Å². The van der Waals surface area contributed by atoms with E-state index < -0.39 is 0 Å². The molecule has 0 saturated carbocycles. The quantitative estimate of drug-likeness (QED) is 0.538. The van der Waals surface area contributed by atoms with E-state index in [0.717, 1.165) is 34.8 Å². The Labute approximate surface area is 156 Å². The summed E-state index contributed by atoms with van der Waals surface area (Å²) in [7, 11) is 0. The first-order valence-corrected chi connectivity index (χ1v) is 9.84. The number of rotatable bonds is 5. The van der Waals surface area contributed by atoms with Crippen LogP contribution in [0.5, 0.6) is 0 Å². The van der Waals surface area contributed by atoms with Gasteiger partial charge in [-0.15, -0.1) is 0 Å². The third-order valence-corrected chi connectivity index (χ3v) is 5.17. The number of thioether (sulfide) groups is 1. The Morgan fingerprint density at radius 1 is 1.00 bits per heavy atom. The van der Waals surface area contributed by atoms with Gasteiger partial charge in [-0.25, -0.2) is 4.68 Å². The van der Waals surface area contributed by atoms with Gasteiger partial charge < -0.3 is 0 Å². The van der Waals surface area contributed by atoms with Crippen molar-refractivity contribution in [3.05, 3.63) is 69.8 Å². The maximum atomic E-state index is 6.21. The van der Waals surface area contributed by atoms with Crippen LogP contribution in [0.25, 0.3) is 16.9 Å². The first-order chi connectivity index (χ1) is 11.6. The van der Waals surface area contributed by atoms with Crippen LogP contribution in [-0.2, 0) is 6.42 Å². The summed E-state index contributed by atoms with van der Waals surface area (Å²) < 4.78 is 1.98. The number of hydrogen-bond donors (Lipinski definition) is 0. The van der Waals surface area contributed by atoms with Gasteiger partial charge in [0, 0.05) is 12.0 Å². The summed E-state index contributed by atoms with van der Waals surface area (Å²) in [5.41, 5.74) is 5.37. The van der Waals surface area contributed by atoms with Gasteiger partial charge in [-0.05, 0) is 49.3 Å². The fourth-order valence-electron chi connectivity index (χ4n) is 2.50. The van der Waals surface area contributed by atoms with Crippen molar-refractivity contribution in [1.29, 1.82) is 0 Å². The van der Waals surface area contributed by atoms with Crippen molar-refractivity contribution >= 4 is 35.0 Å². The van der Waals surface area contributed by atoms with Crippen molar-refractivity contribution in [2.24, 2.45) is 0 Å². The predicted octanol–water partition coefficient (Wildman–Crippen LogP) is 6.06. The van der Waals surface area contributed by atoms with Crippen LogP contribution in [-0.4, -0.2) is 21.8 Å². The molecule has 3 rings (SSSR count). The summed E-state index contributed by atoms with van der Waals surface area (Å²) in [5.74, 6) is 1.05. The highest BCUT2D eigenvalue weighted by molar-refractivity contribution is 7.98. The fourth-order valence-corrected chi connectivity index (χ4v) is 3.21. The van der Waals surface area contributed by atoms with E-state index in [9.17, 15) is 0 Å². The average Bonchev–Trinajstić information content (AvgIpc) is 3.00. The lowest BCUT2D eigenvalue weighted by Crippen LogP contribution is -2.00. The molecular formula is C19H18Cl2N2S. The zero-order valence-corrected chi connectivity index (χ0v) is 15.9. The average molecular weight is 377 g/mol. The second-order valence-corrected chi connectivity index (χ2v) is 7.44. The zero-order chi connectivity index (χ0) is 17.1. The molecule has 3 aromatic rings. The van der Waals surface area contributed by atoms with E-state index in [0.29, 0.717) is 10.0 Å². The van der Waals surface area contributed by atoms with Crippen LogP contribution in [0.15, 0.2) is 48.5 Å².